The van der Waals surface area contributed by atoms with Crippen molar-refractivity contribution >= 4 is 5.78 Å². The van der Waals surface area contributed by atoms with E-state index in [1.165, 1.54) is 18.4 Å². The highest BCUT2D eigenvalue weighted by molar-refractivity contribution is 5.91. The summed E-state index contributed by atoms with van der Waals surface area (Å²) in [6.45, 7) is 4.68. The molecule has 2 rings (SSSR count). The van der Waals surface area contributed by atoms with Crippen molar-refractivity contribution in [2.45, 2.75) is 46.0 Å². The Kier molecular flexibility index (Phi) is 2.05. The van der Waals surface area contributed by atoms with Crippen molar-refractivity contribution in [2.75, 3.05) is 0 Å². The first-order valence-corrected chi connectivity index (χ1v) is 5.37. The van der Waals surface area contributed by atoms with E-state index in [2.05, 4.69) is 13.8 Å². The van der Waals surface area contributed by atoms with Gasteiger partial charge in [0.05, 0.1) is 0 Å². The van der Waals surface area contributed by atoms with Gasteiger partial charge in [-0.15, -0.1) is 0 Å². The van der Waals surface area contributed by atoms with Gasteiger partial charge in [0, 0.05) is 6.42 Å². The number of carbonyl (C=O) groups excluding carboxylic acids is 1. The molecule has 1 nitrogen and oxygen atoms in total. The van der Waals surface area contributed by atoms with Gasteiger partial charge in [0.1, 0.15) is 0 Å². The molecular weight excluding hydrogens is 160 g/mol. The minimum atomic E-state index is 0.349. The first-order chi connectivity index (χ1) is 6.13. The summed E-state index contributed by atoms with van der Waals surface area (Å²) in [5.74, 6) is 1.11. The molecule has 0 N–H and O–H groups in total. The van der Waals surface area contributed by atoms with Crippen molar-refractivity contribution in [3.05, 3.63) is 11.6 Å². The number of hydrogen-bond acceptors (Lipinski definition) is 1. The van der Waals surface area contributed by atoms with Crippen molar-refractivity contribution in [3.8, 4) is 0 Å². The zero-order valence-electron chi connectivity index (χ0n) is 8.60. The molecule has 0 unspecified atom stereocenters. The fourth-order valence-corrected chi connectivity index (χ4v) is 2.81. The highest BCUT2D eigenvalue weighted by Crippen LogP contribution is 2.49. The minimum absolute atomic E-state index is 0.349. The molecular formula is C12H18O. The lowest BCUT2D eigenvalue weighted by Gasteiger charge is -2.44. The third-order valence-electron chi connectivity index (χ3n) is 4.13. The lowest BCUT2D eigenvalue weighted by molar-refractivity contribution is -0.116. The van der Waals surface area contributed by atoms with Gasteiger partial charge >= 0.3 is 0 Å². The molecule has 0 bridgehead atoms. The molecule has 0 radical (unpaired) electrons. The van der Waals surface area contributed by atoms with Crippen LogP contribution in [0, 0.1) is 11.3 Å². The number of fused-ring (bicyclic) bond motifs is 1. The first kappa shape index (κ1) is 8.98. The number of ketones is 1. The van der Waals surface area contributed by atoms with Crippen molar-refractivity contribution in [2.24, 2.45) is 11.3 Å². The SMILES string of the molecule is C[C@@H]1CCCC2=CC(=O)CC[C@@]21C. The third kappa shape index (κ3) is 1.34. The fraction of sp³-hybridized carbons (Fsp3) is 0.750. The van der Waals surface area contributed by atoms with Crippen LogP contribution in [0.5, 0.6) is 0 Å². The lowest BCUT2D eigenvalue weighted by Crippen LogP contribution is -2.34. The van der Waals surface area contributed by atoms with Crippen LogP contribution in [0.25, 0.3) is 0 Å². The van der Waals surface area contributed by atoms with Crippen molar-refractivity contribution < 1.29 is 4.79 Å². The van der Waals surface area contributed by atoms with Gasteiger partial charge in [0.2, 0.25) is 0 Å². The van der Waals surface area contributed by atoms with Crippen LogP contribution < -0.4 is 0 Å². The zero-order chi connectivity index (χ0) is 9.47. The van der Waals surface area contributed by atoms with E-state index in [4.69, 9.17) is 0 Å². The Bertz CT molecular complexity index is 264. The molecule has 72 valence electrons. The summed E-state index contributed by atoms with van der Waals surface area (Å²) in [5, 5.41) is 0. The van der Waals surface area contributed by atoms with Crippen molar-refractivity contribution in [1.29, 1.82) is 0 Å². The molecule has 0 aromatic carbocycles. The maximum absolute atomic E-state index is 11.3. The second kappa shape index (κ2) is 2.97. The lowest BCUT2D eigenvalue weighted by atomic mass is 9.60. The van der Waals surface area contributed by atoms with E-state index in [1.54, 1.807) is 0 Å². The van der Waals surface area contributed by atoms with Gasteiger partial charge in [-0.3, -0.25) is 4.79 Å². The van der Waals surface area contributed by atoms with Crippen LogP contribution in [-0.4, -0.2) is 5.78 Å². The summed E-state index contributed by atoms with van der Waals surface area (Å²) in [5.41, 5.74) is 1.79. The largest absolute Gasteiger partial charge is 0.295 e. The molecule has 2 atom stereocenters. The molecule has 0 spiro atoms. The second-order valence-corrected chi connectivity index (χ2v) is 4.85. The smallest absolute Gasteiger partial charge is 0.155 e. The normalized spacial score (nSPS) is 39.7. The second-order valence-electron chi connectivity index (χ2n) is 4.85. The van der Waals surface area contributed by atoms with Crippen LogP contribution in [0.3, 0.4) is 0 Å². The Morgan fingerprint density at radius 3 is 3.00 bits per heavy atom. The van der Waals surface area contributed by atoms with E-state index in [-0.39, 0.29) is 0 Å². The van der Waals surface area contributed by atoms with Gasteiger partial charge in [-0.25, -0.2) is 0 Å². The predicted molar refractivity (Wildman–Crippen MR) is 53.4 cm³/mol. The van der Waals surface area contributed by atoms with Crippen molar-refractivity contribution in [3.63, 3.8) is 0 Å². The number of allylic oxidation sites excluding steroid dienone is 2. The van der Waals surface area contributed by atoms with E-state index < -0.39 is 0 Å². The average Bonchev–Trinajstić information content (AvgIpc) is 2.09. The number of rotatable bonds is 0. The standard InChI is InChI=1S/C12H18O/c1-9-4-3-5-10-8-11(13)6-7-12(9,10)2/h8-9H,3-7H2,1-2H3/t9-,12-/m1/s1. The Labute approximate surface area is 80.2 Å². The summed E-state index contributed by atoms with van der Waals surface area (Å²) in [6.07, 6.45) is 7.55. The molecule has 0 aromatic heterocycles. The van der Waals surface area contributed by atoms with Gasteiger partial charge in [-0.2, -0.15) is 0 Å². The molecule has 2 aliphatic rings. The molecule has 0 heterocycles. The number of carbonyl (C=O) groups is 1. The summed E-state index contributed by atoms with van der Waals surface area (Å²) >= 11 is 0. The summed E-state index contributed by atoms with van der Waals surface area (Å²) < 4.78 is 0. The van der Waals surface area contributed by atoms with Crippen LogP contribution in [0.2, 0.25) is 0 Å². The molecule has 1 fully saturated rings. The first-order valence-electron chi connectivity index (χ1n) is 5.37. The van der Waals surface area contributed by atoms with E-state index in [9.17, 15) is 4.79 Å². The van der Waals surface area contributed by atoms with Gasteiger partial charge in [0.15, 0.2) is 5.78 Å². The van der Waals surface area contributed by atoms with Crippen LogP contribution in [0.4, 0.5) is 0 Å². The monoisotopic (exact) mass is 178 g/mol. The summed E-state index contributed by atoms with van der Waals surface area (Å²) in [6, 6.07) is 0. The van der Waals surface area contributed by atoms with E-state index in [0.717, 1.165) is 25.2 Å². The van der Waals surface area contributed by atoms with Crippen LogP contribution >= 0.6 is 0 Å². The molecule has 0 amide bonds. The maximum Gasteiger partial charge on any atom is 0.155 e. The average molecular weight is 178 g/mol. The van der Waals surface area contributed by atoms with Crippen LogP contribution in [0.15, 0.2) is 11.6 Å². The van der Waals surface area contributed by atoms with Gasteiger partial charge in [0.25, 0.3) is 0 Å². The highest BCUT2D eigenvalue weighted by Gasteiger charge is 2.39. The predicted octanol–water partition coefficient (Wildman–Crippen LogP) is 3.10. The Hall–Kier alpha value is -0.590. The van der Waals surface area contributed by atoms with E-state index in [1.807, 2.05) is 6.08 Å². The molecule has 0 aliphatic heterocycles. The number of hydrogen-bond donors (Lipinski definition) is 0. The molecule has 1 saturated carbocycles. The Morgan fingerprint density at radius 1 is 1.46 bits per heavy atom. The van der Waals surface area contributed by atoms with Gasteiger partial charge in [-0.1, -0.05) is 19.4 Å². The van der Waals surface area contributed by atoms with Gasteiger partial charge in [-0.05, 0) is 43.1 Å². The van der Waals surface area contributed by atoms with Gasteiger partial charge < -0.3 is 0 Å². The Morgan fingerprint density at radius 2 is 2.23 bits per heavy atom. The third-order valence-corrected chi connectivity index (χ3v) is 4.13. The molecule has 13 heavy (non-hydrogen) atoms. The van der Waals surface area contributed by atoms with Crippen LogP contribution in [0.1, 0.15) is 46.0 Å². The molecule has 1 heteroatoms. The topological polar surface area (TPSA) is 17.1 Å². The minimum Gasteiger partial charge on any atom is -0.295 e. The molecule has 2 aliphatic carbocycles. The van der Waals surface area contributed by atoms with E-state index >= 15 is 0 Å². The Balaban J connectivity index is 2.34. The van der Waals surface area contributed by atoms with Crippen molar-refractivity contribution in [1.82, 2.24) is 0 Å². The highest BCUT2D eigenvalue weighted by atomic mass is 16.1. The molecule has 0 aromatic rings. The fourth-order valence-electron chi connectivity index (χ4n) is 2.81. The molecule has 0 saturated heterocycles. The van der Waals surface area contributed by atoms with E-state index in [0.29, 0.717) is 11.2 Å². The van der Waals surface area contributed by atoms with Crippen LogP contribution in [-0.2, 0) is 4.79 Å². The maximum atomic E-state index is 11.3. The summed E-state index contributed by atoms with van der Waals surface area (Å²) in [4.78, 5) is 11.3. The zero-order valence-corrected chi connectivity index (χ0v) is 8.60. The summed E-state index contributed by atoms with van der Waals surface area (Å²) in [7, 11) is 0. The quantitative estimate of drug-likeness (QED) is 0.557.